The molecule has 0 aliphatic carbocycles. The summed E-state index contributed by atoms with van der Waals surface area (Å²) in [6.45, 7) is 8.81. The van der Waals surface area contributed by atoms with Crippen LogP contribution >= 0.6 is 0 Å². The standard InChI is InChI=1S/C10H18N2/c1-5-9-11-7-6-8(12-9)10(2,3)4/h6-8H,5H2,1-4H3,(H,11,12). The maximum absolute atomic E-state index is 4.24. The number of nitrogens with one attached hydrogen (secondary N) is 1. The van der Waals surface area contributed by atoms with Crippen molar-refractivity contribution in [1.82, 2.24) is 5.32 Å². The highest BCUT2D eigenvalue weighted by Crippen LogP contribution is 2.21. The van der Waals surface area contributed by atoms with Crippen LogP contribution in [-0.4, -0.2) is 11.9 Å². The predicted octanol–water partition coefficient (Wildman–Crippen LogP) is 2.33. The van der Waals surface area contributed by atoms with Crippen LogP contribution in [0.3, 0.4) is 0 Å². The van der Waals surface area contributed by atoms with Gasteiger partial charge in [0, 0.05) is 12.6 Å². The summed E-state index contributed by atoms with van der Waals surface area (Å²) in [5, 5.41) is 3.41. The molecule has 0 aromatic rings. The zero-order chi connectivity index (χ0) is 9.19. The van der Waals surface area contributed by atoms with E-state index in [-0.39, 0.29) is 5.41 Å². The van der Waals surface area contributed by atoms with Gasteiger partial charge in [-0.1, -0.05) is 27.7 Å². The first-order chi connectivity index (χ1) is 5.54. The summed E-state index contributed by atoms with van der Waals surface area (Å²) in [6.07, 6.45) is 5.02. The highest BCUT2D eigenvalue weighted by atomic mass is 15.0. The third kappa shape index (κ3) is 2.10. The summed E-state index contributed by atoms with van der Waals surface area (Å²) in [7, 11) is 0. The van der Waals surface area contributed by atoms with Gasteiger partial charge in [-0.25, -0.2) is 4.99 Å². The molecule has 1 unspecified atom stereocenters. The Morgan fingerprint density at radius 3 is 2.67 bits per heavy atom. The van der Waals surface area contributed by atoms with Crippen LogP contribution in [0.1, 0.15) is 34.1 Å². The quantitative estimate of drug-likeness (QED) is 0.635. The molecule has 2 nitrogen and oxygen atoms in total. The first kappa shape index (κ1) is 9.30. The zero-order valence-corrected chi connectivity index (χ0v) is 8.39. The maximum Gasteiger partial charge on any atom is 0.102 e. The van der Waals surface area contributed by atoms with Gasteiger partial charge in [0.2, 0.25) is 0 Å². The number of hydrogen-bond donors (Lipinski definition) is 1. The Kier molecular flexibility index (Phi) is 2.55. The van der Waals surface area contributed by atoms with E-state index in [1.807, 2.05) is 6.20 Å². The number of rotatable bonds is 1. The van der Waals surface area contributed by atoms with Gasteiger partial charge in [-0.15, -0.1) is 0 Å². The molecule has 0 aromatic carbocycles. The fraction of sp³-hybridized carbons (Fsp3) is 0.700. The van der Waals surface area contributed by atoms with Gasteiger partial charge in [0.15, 0.2) is 0 Å². The van der Waals surface area contributed by atoms with E-state index in [2.05, 4.69) is 44.1 Å². The molecular weight excluding hydrogens is 148 g/mol. The van der Waals surface area contributed by atoms with Gasteiger partial charge >= 0.3 is 0 Å². The van der Waals surface area contributed by atoms with Crippen LogP contribution in [0.15, 0.2) is 17.3 Å². The van der Waals surface area contributed by atoms with Crippen molar-refractivity contribution in [2.24, 2.45) is 10.4 Å². The number of amidine groups is 1. The van der Waals surface area contributed by atoms with Crippen LogP contribution in [0.2, 0.25) is 0 Å². The molecule has 12 heavy (non-hydrogen) atoms. The average Bonchev–Trinajstić information content (AvgIpc) is 2.03. The van der Waals surface area contributed by atoms with Gasteiger partial charge in [-0.05, 0) is 11.5 Å². The third-order valence-electron chi connectivity index (χ3n) is 2.10. The number of hydrogen-bond acceptors (Lipinski definition) is 2. The summed E-state index contributed by atoms with van der Waals surface area (Å²) in [5.74, 6) is 1.09. The first-order valence-electron chi connectivity index (χ1n) is 4.54. The molecule has 0 radical (unpaired) electrons. The van der Waals surface area contributed by atoms with Gasteiger partial charge in [-0.3, -0.25) is 0 Å². The van der Waals surface area contributed by atoms with Gasteiger partial charge in [0.05, 0.1) is 6.04 Å². The molecule has 1 atom stereocenters. The van der Waals surface area contributed by atoms with Crippen molar-refractivity contribution in [2.75, 3.05) is 0 Å². The topological polar surface area (TPSA) is 24.4 Å². The summed E-state index contributed by atoms with van der Waals surface area (Å²) in [5.41, 5.74) is 0.271. The summed E-state index contributed by atoms with van der Waals surface area (Å²) >= 11 is 0. The van der Waals surface area contributed by atoms with Crippen molar-refractivity contribution in [2.45, 2.75) is 40.2 Å². The van der Waals surface area contributed by atoms with Crippen molar-refractivity contribution in [3.8, 4) is 0 Å². The van der Waals surface area contributed by atoms with Crippen LogP contribution in [0.5, 0.6) is 0 Å². The molecule has 1 heterocycles. The van der Waals surface area contributed by atoms with Crippen molar-refractivity contribution in [3.63, 3.8) is 0 Å². The molecule has 0 fully saturated rings. The zero-order valence-electron chi connectivity index (χ0n) is 8.39. The van der Waals surface area contributed by atoms with E-state index >= 15 is 0 Å². The monoisotopic (exact) mass is 166 g/mol. The van der Waals surface area contributed by atoms with Crippen molar-refractivity contribution < 1.29 is 0 Å². The Hall–Kier alpha value is -0.790. The Morgan fingerprint density at radius 1 is 1.50 bits per heavy atom. The third-order valence-corrected chi connectivity index (χ3v) is 2.10. The van der Waals surface area contributed by atoms with E-state index in [0.29, 0.717) is 6.04 Å². The molecule has 0 spiro atoms. The minimum Gasteiger partial charge on any atom is -0.367 e. The molecule has 1 rings (SSSR count). The van der Waals surface area contributed by atoms with E-state index in [1.54, 1.807) is 0 Å². The molecule has 1 aliphatic rings. The molecule has 2 heteroatoms. The van der Waals surface area contributed by atoms with E-state index in [4.69, 9.17) is 0 Å². The Labute approximate surface area is 74.8 Å². The normalized spacial score (nSPS) is 23.3. The SMILES string of the molecule is CCC1=NC=CC(C(C)(C)C)N1. The molecule has 68 valence electrons. The minimum absolute atomic E-state index is 0.271. The Morgan fingerprint density at radius 2 is 2.17 bits per heavy atom. The lowest BCUT2D eigenvalue weighted by molar-refractivity contribution is 0.340. The van der Waals surface area contributed by atoms with Crippen LogP contribution < -0.4 is 5.32 Å². The lowest BCUT2D eigenvalue weighted by Crippen LogP contribution is -2.43. The van der Waals surface area contributed by atoms with Crippen LogP contribution in [0, 0.1) is 5.41 Å². The number of aliphatic imine (C=N–C) groups is 1. The van der Waals surface area contributed by atoms with Gasteiger partial charge in [0.25, 0.3) is 0 Å². The van der Waals surface area contributed by atoms with Crippen LogP contribution in [-0.2, 0) is 0 Å². The molecule has 0 saturated heterocycles. The van der Waals surface area contributed by atoms with Crippen molar-refractivity contribution >= 4 is 5.84 Å². The first-order valence-corrected chi connectivity index (χ1v) is 4.54. The van der Waals surface area contributed by atoms with Crippen LogP contribution in [0.4, 0.5) is 0 Å². The highest BCUT2D eigenvalue weighted by Gasteiger charge is 2.23. The van der Waals surface area contributed by atoms with E-state index in [0.717, 1.165) is 12.3 Å². The molecule has 0 saturated carbocycles. The van der Waals surface area contributed by atoms with Crippen molar-refractivity contribution in [1.29, 1.82) is 0 Å². The largest absolute Gasteiger partial charge is 0.367 e. The molecule has 0 aromatic heterocycles. The Bertz CT molecular complexity index is 208. The van der Waals surface area contributed by atoms with Gasteiger partial charge in [0.1, 0.15) is 5.84 Å². The van der Waals surface area contributed by atoms with Crippen LogP contribution in [0.25, 0.3) is 0 Å². The molecule has 1 N–H and O–H groups in total. The highest BCUT2D eigenvalue weighted by molar-refractivity contribution is 5.83. The summed E-state index contributed by atoms with van der Waals surface area (Å²) in [4.78, 5) is 4.24. The molecular formula is C10H18N2. The van der Waals surface area contributed by atoms with Gasteiger partial charge in [-0.2, -0.15) is 0 Å². The van der Waals surface area contributed by atoms with Crippen molar-refractivity contribution in [3.05, 3.63) is 12.3 Å². The van der Waals surface area contributed by atoms with E-state index < -0.39 is 0 Å². The predicted molar refractivity (Wildman–Crippen MR) is 53.2 cm³/mol. The van der Waals surface area contributed by atoms with Gasteiger partial charge < -0.3 is 5.32 Å². The molecule has 1 aliphatic heterocycles. The molecule has 0 amide bonds. The number of nitrogens with zero attached hydrogens (tertiary/aromatic N) is 1. The second kappa shape index (κ2) is 3.30. The molecule has 0 bridgehead atoms. The average molecular weight is 166 g/mol. The summed E-state index contributed by atoms with van der Waals surface area (Å²) in [6, 6.07) is 0.421. The second-order valence-electron chi connectivity index (χ2n) is 4.26. The second-order valence-corrected chi connectivity index (χ2v) is 4.26. The lowest BCUT2D eigenvalue weighted by atomic mass is 9.86. The van der Waals surface area contributed by atoms with E-state index in [9.17, 15) is 0 Å². The lowest BCUT2D eigenvalue weighted by Gasteiger charge is -2.31. The smallest absolute Gasteiger partial charge is 0.102 e. The Balaban J connectivity index is 2.65. The maximum atomic E-state index is 4.24. The minimum atomic E-state index is 0.271. The fourth-order valence-electron chi connectivity index (χ4n) is 1.18. The van der Waals surface area contributed by atoms with E-state index in [1.165, 1.54) is 0 Å². The summed E-state index contributed by atoms with van der Waals surface area (Å²) < 4.78 is 0. The fourth-order valence-corrected chi connectivity index (χ4v) is 1.18.